The first kappa shape index (κ1) is 9.46. The summed E-state index contributed by atoms with van der Waals surface area (Å²) in [5, 5.41) is 0. The van der Waals surface area contributed by atoms with Gasteiger partial charge >= 0.3 is 0 Å². The summed E-state index contributed by atoms with van der Waals surface area (Å²) < 4.78 is 1.38. The summed E-state index contributed by atoms with van der Waals surface area (Å²) >= 11 is 2.41. The topological polar surface area (TPSA) is 26.0 Å². The molecular weight excluding hydrogens is 273 g/mol. The van der Waals surface area contributed by atoms with Crippen molar-refractivity contribution < 1.29 is 0 Å². The molecule has 1 aliphatic carbocycles. The molecule has 2 heteroatoms. The van der Waals surface area contributed by atoms with Crippen molar-refractivity contribution in [1.82, 2.24) is 0 Å². The van der Waals surface area contributed by atoms with E-state index < -0.39 is 0 Å². The summed E-state index contributed by atoms with van der Waals surface area (Å²) in [6.45, 7) is 2.17. The van der Waals surface area contributed by atoms with Gasteiger partial charge in [0.15, 0.2) is 0 Å². The van der Waals surface area contributed by atoms with Gasteiger partial charge in [-0.3, -0.25) is 0 Å². The van der Waals surface area contributed by atoms with E-state index in [1.54, 1.807) is 0 Å². The Labute approximate surface area is 92.9 Å². The number of aryl methyl sites for hydroxylation is 1. The third-order valence-corrected chi connectivity index (χ3v) is 3.84. The van der Waals surface area contributed by atoms with Crippen molar-refractivity contribution >= 4 is 22.6 Å². The molecule has 0 spiro atoms. The number of halogens is 1. The van der Waals surface area contributed by atoms with Crippen LogP contribution in [0.5, 0.6) is 0 Å². The Morgan fingerprint density at radius 3 is 2.92 bits per heavy atom. The Balaban J connectivity index is 2.60. The van der Waals surface area contributed by atoms with Crippen molar-refractivity contribution in [2.24, 2.45) is 5.73 Å². The van der Waals surface area contributed by atoms with Gasteiger partial charge in [-0.25, -0.2) is 0 Å². The molecule has 0 unspecified atom stereocenters. The molecule has 0 bridgehead atoms. The third-order valence-electron chi connectivity index (χ3n) is 2.83. The van der Waals surface area contributed by atoms with E-state index in [1.807, 2.05) is 0 Å². The quantitative estimate of drug-likeness (QED) is 0.729. The van der Waals surface area contributed by atoms with Crippen molar-refractivity contribution in [3.63, 3.8) is 0 Å². The Bertz CT molecular complexity index is 333. The fourth-order valence-corrected chi connectivity index (χ4v) is 2.91. The molecule has 13 heavy (non-hydrogen) atoms. The van der Waals surface area contributed by atoms with E-state index in [-0.39, 0.29) is 6.04 Å². The second-order valence-corrected chi connectivity index (χ2v) is 4.92. The van der Waals surface area contributed by atoms with E-state index in [9.17, 15) is 0 Å². The van der Waals surface area contributed by atoms with Gasteiger partial charge in [-0.2, -0.15) is 0 Å². The van der Waals surface area contributed by atoms with Gasteiger partial charge in [0.2, 0.25) is 0 Å². The molecule has 2 rings (SSSR count). The van der Waals surface area contributed by atoms with E-state index in [2.05, 4.69) is 41.6 Å². The van der Waals surface area contributed by atoms with Gasteiger partial charge < -0.3 is 5.73 Å². The molecule has 0 amide bonds. The largest absolute Gasteiger partial charge is 0.324 e. The standard InChI is InChI=1S/C11H14IN/c1-7-5-6-9(12)8-3-2-4-10(13)11(7)8/h5-6,10H,2-4,13H2,1H3/t10-/m0/s1. The Morgan fingerprint density at radius 2 is 2.23 bits per heavy atom. The van der Waals surface area contributed by atoms with Crippen LogP contribution >= 0.6 is 22.6 Å². The highest BCUT2D eigenvalue weighted by Crippen LogP contribution is 2.33. The lowest BCUT2D eigenvalue weighted by Crippen LogP contribution is -2.19. The maximum absolute atomic E-state index is 6.11. The molecule has 1 aliphatic rings. The summed E-state index contributed by atoms with van der Waals surface area (Å²) in [5.74, 6) is 0. The highest BCUT2D eigenvalue weighted by atomic mass is 127. The molecule has 1 aromatic rings. The summed E-state index contributed by atoms with van der Waals surface area (Å²) in [4.78, 5) is 0. The van der Waals surface area contributed by atoms with Crippen molar-refractivity contribution in [3.05, 3.63) is 32.4 Å². The van der Waals surface area contributed by atoms with Crippen LogP contribution in [0.1, 0.15) is 35.6 Å². The molecule has 70 valence electrons. The number of fused-ring (bicyclic) bond motifs is 1. The molecule has 0 fully saturated rings. The molecular formula is C11H14IN. The van der Waals surface area contributed by atoms with Gasteiger partial charge in [0.1, 0.15) is 0 Å². The molecule has 2 N–H and O–H groups in total. The average Bonchev–Trinajstić information content (AvgIpc) is 2.12. The number of nitrogens with two attached hydrogens (primary N) is 1. The van der Waals surface area contributed by atoms with Crippen molar-refractivity contribution in [1.29, 1.82) is 0 Å². The van der Waals surface area contributed by atoms with Crippen LogP contribution in [0.3, 0.4) is 0 Å². The van der Waals surface area contributed by atoms with E-state index in [0.29, 0.717) is 0 Å². The minimum absolute atomic E-state index is 0.276. The van der Waals surface area contributed by atoms with Gasteiger partial charge in [0, 0.05) is 9.61 Å². The van der Waals surface area contributed by atoms with Gasteiger partial charge in [0.05, 0.1) is 0 Å². The van der Waals surface area contributed by atoms with Crippen LogP contribution in [0.4, 0.5) is 0 Å². The first-order chi connectivity index (χ1) is 6.20. The molecule has 0 aliphatic heterocycles. The molecule has 1 aromatic carbocycles. The Morgan fingerprint density at radius 1 is 1.46 bits per heavy atom. The molecule has 1 nitrogen and oxygen atoms in total. The van der Waals surface area contributed by atoms with Crippen LogP contribution in [-0.2, 0) is 6.42 Å². The first-order valence-corrected chi connectivity index (χ1v) is 5.81. The number of hydrogen-bond donors (Lipinski definition) is 1. The maximum Gasteiger partial charge on any atom is 0.0300 e. The Kier molecular flexibility index (Phi) is 2.60. The van der Waals surface area contributed by atoms with Crippen molar-refractivity contribution in [2.75, 3.05) is 0 Å². The molecule has 0 saturated heterocycles. The third kappa shape index (κ3) is 1.62. The average molecular weight is 287 g/mol. The van der Waals surface area contributed by atoms with Gasteiger partial charge in [0.25, 0.3) is 0 Å². The van der Waals surface area contributed by atoms with Gasteiger partial charge in [-0.1, -0.05) is 6.07 Å². The molecule has 0 aromatic heterocycles. The second kappa shape index (κ2) is 3.58. The van der Waals surface area contributed by atoms with Crippen LogP contribution in [0.15, 0.2) is 12.1 Å². The lowest BCUT2D eigenvalue weighted by atomic mass is 9.85. The molecule has 0 saturated carbocycles. The van der Waals surface area contributed by atoms with Gasteiger partial charge in [-0.15, -0.1) is 0 Å². The first-order valence-electron chi connectivity index (χ1n) is 4.73. The SMILES string of the molecule is Cc1ccc(I)c2c1[C@@H](N)CCC2. The van der Waals surface area contributed by atoms with Crippen molar-refractivity contribution in [3.8, 4) is 0 Å². The summed E-state index contributed by atoms with van der Waals surface area (Å²) in [6, 6.07) is 4.66. The predicted molar refractivity (Wildman–Crippen MR) is 63.8 cm³/mol. The van der Waals surface area contributed by atoms with Crippen LogP contribution in [0.25, 0.3) is 0 Å². The number of rotatable bonds is 0. The smallest absolute Gasteiger partial charge is 0.0300 e. The highest BCUT2D eigenvalue weighted by Gasteiger charge is 2.20. The van der Waals surface area contributed by atoms with Crippen LogP contribution in [0.2, 0.25) is 0 Å². The van der Waals surface area contributed by atoms with E-state index in [0.717, 1.165) is 6.42 Å². The van der Waals surface area contributed by atoms with Crippen molar-refractivity contribution in [2.45, 2.75) is 32.2 Å². The van der Waals surface area contributed by atoms with E-state index in [1.165, 1.54) is 33.1 Å². The predicted octanol–water partition coefficient (Wildman–Crippen LogP) is 2.94. The molecule has 1 atom stereocenters. The normalized spacial score (nSPS) is 21.3. The number of hydrogen-bond acceptors (Lipinski definition) is 1. The monoisotopic (exact) mass is 287 g/mol. The van der Waals surface area contributed by atoms with Crippen LogP contribution < -0.4 is 5.73 Å². The number of benzene rings is 1. The van der Waals surface area contributed by atoms with Crippen LogP contribution in [0, 0.1) is 10.5 Å². The minimum atomic E-state index is 0.276. The van der Waals surface area contributed by atoms with E-state index >= 15 is 0 Å². The minimum Gasteiger partial charge on any atom is -0.324 e. The zero-order chi connectivity index (χ0) is 9.42. The lowest BCUT2D eigenvalue weighted by Gasteiger charge is -2.25. The summed E-state index contributed by atoms with van der Waals surface area (Å²) in [7, 11) is 0. The molecule has 0 radical (unpaired) electrons. The van der Waals surface area contributed by atoms with Gasteiger partial charge in [-0.05, 0) is 71.5 Å². The van der Waals surface area contributed by atoms with E-state index in [4.69, 9.17) is 5.73 Å². The maximum atomic E-state index is 6.11. The lowest BCUT2D eigenvalue weighted by molar-refractivity contribution is 0.565. The fourth-order valence-electron chi connectivity index (χ4n) is 2.17. The molecule has 0 heterocycles. The zero-order valence-electron chi connectivity index (χ0n) is 7.81. The Hall–Kier alpha value is -0.0900. The second-order valence-electron chi connectivity index (χ2n) is 3.76. The fraction of sp³-hybridized carbons (Fsp3) is 0.455. The summed E-state index contributed by atoms with van der Waals surface area (Å²) in [6.07, 6.45) is 3.60. The zero-order valence-corrected chi connectivity index (χ0v) is 9.97. The summed E-state index contributed by atoms with van der Waals surface area (Å²) in [5.41, 5.74) is 10.4. The highest BCUT2D eigenvalue weighted by molar-refractivity contribution is 14.1. The van der Waals surface area contributed by atoms with Crippen LogP contribution in [-0.4, -0.2) is 0 Å².